The lowest BCUT2D eigenvalue weighted by atomic mass is 9.92. The maximum atomic E-state index is 3.83. The number of hydrogen-bond donors (Lipinski definition) is 0. The molecule has 0 radical (unpaired) electrons. The molecule has 0 unspecified atom stereocenters. The summed E-state index contributed by atoms with van der Waals surface area (Å²) in [6.07, 6.45) is 12.4. The summed E-state index contributed by atoms with van der Waals surface area (Å²) in [4.78, 5) is 0. The molecule has 1 fully saturated rings. The molecule has 90 valence electrons. The Morgan fingerprint density at radius 3 is 1.53 bits per heavy atom. The first-order chi connectivity index (χ1) is 7.08. The van der Waals surface area contributed by atoms with Gasteiger partial charge in [0.2, 0.25) is 0 Å². The number of rotatable bonds is 8. The molecule has 0 aromatic rings. The van der Waals surface area contributed by atoms with Crippen molar-refractivity contribution in [1.29, 1.82) is 0 Å². The molecule has 0 heterocycles. The van der Waals surface area contributed by atoms with Crippen LogP contribution in [0.1, 0.15) is 71.6 Å². The Labute approximate surface area is 112 Å². The van der Waals surface area contributed by atoms with Gasteiger partial charge in [0, 0.05) is 0 Å². The Morgan fingerprint density at radius 2 is 1.27 bits per heavy atom. The molecular formula is C13H24Br2. The molecular weight excluding hydrogens is 316 g/mol. The predicted octanol–water partition coefficient (Wildman–Crippen LogP) is 6.02. The first-order valence-electron chi connectivity index (χ1n) is 6.46. The van der Waals surface area contributed by atoms with Crippen LogP contribution >= 0.6 is 31.9 Å². The maximum Gasteiger partial charge on any atom is 0.0868 e. The Bertz CT molecular complexity index is 177. The summed E-state index contributed by atoms with van der Waals surface area (Å²) in [6, 6.07) is 0. The van der Waals surface area contributed by atoms with Gasteiger partial charge in [-0.05, 0) is 24.7 Å². The number of alkyl halides is 2. The Kier molecular flexibility index (Phi) is 5.65. The van der Waals surface area contributed by atoms with Crippen LogP contribution in [0.3, 0.4) is 0 Å². The molecule has 1 rings (SSSR count). The highest BCUT2D eigenvalue weighted by atomic mass is 79.9. The van der Waals surface area contributed by atoms with E-state index in [1.807, 2.05) is 0 Å². The van der Waals surface area contributed by atoms with Crippen molar-refractivity contribution in [3.05, 3.63) is 0 Å². The molecule has 0 spiro atoms. The normalized spacial score (nSPS) is 21.6. The Hall–Kier alpha value is 0.960. The van der Waals surface area contributed by atoms with Crippen LogP contribution in [0.2, 0.25) is 0 Å². The molecule has 2 heteroatoms. The molecule has 1 aliphatic carbocycles. The third-order valence-corrected chi connectivity index (χ3v) is 5.97. The fraction of sp³-hybridized carbons (Fsp3) is 1.00. The molecule has 1 aliphatic rings. The van der Waals surface area contributed by atoms with Crippen molar-refractivity contribution in [2.24, 2.45) is 5.41 Å². The molecule has 1 saturated carbocycles. The smallest absolute Gasteiger partial charge is 0.0721 e. The first kappa shape index (κ1) is 14.0. The summed E-state index contributed by atoms with van der Waals surface area (Å²) in [5, 5.41) is 0. The number of halogens is 2. The van der Waals surface area contributed by atoms with E-state index < -0.39 is 0 Å². The van der Waals surface area contributed by atoms with E-state index in [0.29, 0.717) is 5.41 Å². The summed E-state index contributed by atoms with van der Waals surface area (Å²) >= 11 is 7.66. The number of unbranched alkanes of at least 4 members (excludes halogenated alkanes) is 4. The van der Waals surface area contributed by atoms with Crippen molar-refractivity contribution in [2.45, 2.75) is 74.9 Å². The molecule has 15 heavy (non-hydrogen) atoms. The quantitative estimate of drug-likeness (QED) is 0.374. The molecule has 0 N–H and O–H groups in total. The van der Waals surface area contributed by atoms with Crippen LogP contribution in [0.5, 0.6) is 0 Å². The fourth-order valence-corrected chi connectivity index (χ4v) is 4.34. The van der Waals surface area contributed by atoms with E-state index in [4.69, 9.17) is 0 Å². The van der Waals surface area contributed by atoms with Gasteiger partial charge in [0.1, 0.15) is 0 Å². The summed E-state index contributed by atoms with van der Waals surface area (Å²) < 4.78 is 0.286. The molecule has 0 saturated heterocycles. The van der Waals surface area contributed by atoms with Gasteiger partial charge in [0.15, 0.2) is 0 Å². The molecule has 0 aromatic heterocycles. The lowest BCUT2D eigenvalue weighted by molar-refractivity contribution is 0.389. The average molecular weight is 340 g/mol. The molecule has 0 amide bonds. The minimum absolute atomic E-state index is 0.286. The molecule has 0 atom stereocenters. The van der Waals surface area contributed by atoms with Gasteiger partial charge in [0.25, 0.3) is 0 Å². The zero-order valence-electron chi connectivity index (χ0n) is 10.1. The topological polar surface area (TPSA) is 0 Å². The van der Waals surface area contributed by atoms with Crippen molar-refractivity contribution in [2.75, 3.05) is 0 Å². The van der Waals surface area contributed by atoms with Gasteiger partial charge in [-0.1, -0.05) is 84.2 Å². The van der Waals surface area contributed by atoms with E-state index in [-0.39, 0.29) is 3.23 Å². The SMILES string of the molecule is CCCCCC1(CCCCC)CC1(Br)Br. The van der Waals surface area contributed by atoms with E-state index in [2.05, 4.69) is 45.7 Å². The summed E-state index contributed by atoms with van der Waals surface area (Å²) in [7, 11) is 0. The van der Waals surface area contributed by atoms with Crippen LogP contribution in [-0.2, 0) is 0 Å². The van der Waals surface area contributed by atoms with E-state index in [1.165, 1.54) is 57.8 Å². The highest BCUT2D eigenvalue weighted by molar-refractivity contribution is 9.25. The van der Waals surface area contributed by atoms with Crippen LogP contribution in [0, 0.1) is 5.41 Å². The van der Waals surface area contributed by atoms with Crippen LogP contribution in [0.25, 0.3) is 0 Å². The van der Waals surface area contributed by atoms with Gasteiger partial charge in [-0.3, -0.25) is 0 Å². The Morgan fingerprint density at radius 1 is 0.867 bits per heavy atom. The van der Waals surface area contributed by atoms with Crippen LogP contribution in [-0.4, -0.2) is 3.23 Å². The summed E-state index contributed by atoms with van der Waals surface area (Å²) in [5.41, 5.74) is 0.581. The van der Waals surface area contributed by atoms with Gasteiger partial charge in [-0.2, -0.15) is 0 Å². The van der Waals surface area contributed by atoms with E-state index in [9.17, 15) is 0 Å². The van der Waals surface area contributed by atoms with Crippen molar-refractivity contribution < 1.29 is 0 Å². The summed E-state index contributed by atoms with van der Waals surface area (Å²) in [5.74, 6) is 0. The van der Waals surface area contributed by atoms with E-state index in [0.717, 1.165) is 0 Å². The largest absolute Gasteiger partial charge is 0.0868 e. The average Bonchev–Trinajstić information content (AvgIpc) is 2.70. The van der Waals surface area contributed by atoms with E-state index in [1.54, 1.807) is 0 Å². The monoisotopic (exact) mass is 338 g/mol. The predicted molar refractivity (Wildman–Crippen MR) is 75.9 cm³/mol. The fourth-order valence-electron chi connectivity index (χ4n) is 2.48. The molecule has 0 aliphatic heterocycles. The first-order valence-corrected chi connectivity index (χ1v) is 8.04. The Balaban J connectivity index is 2.30. The van der Waals surface area contributed by atoms with Gasteiger partial charge >= 0.3 is 0 Å². The highest BCUT2D eigenvalue weighted by Crippen LogP contribution is 2.71. The maximum absolute atomic E-state index is 3.83. The third-order valence-electron chi connectivity index (χ3n) is 3.73. The number of hydrogen-bond acceptors (Lipinski definition) is 0. The van der Waals surface area contributed by atoms with Crippen molar-refractivity contribution in [1.82, 2.24) is 0 Å². The van der Waals surface area contributed by atoms with E-state index >= 15 is 0 Å². The molecule has 0 bridgehead atoms. The zero-order chi connectivity index (χ0) is 11.4. The summed E-state index contributed by atoms with van der Waals surface area (Å²) in [6.45, 7) is 4.57. The van der Waals surface area contributed by atoms with Gasteiger partial charge in [0.05, 0.1) is 3.23 Å². The lowest BCUT2D eigenvalue weighted by Gasteiger charge is -2.18. The van der Waals surface area contributed by atoms with Crippen molar-refractivity contribution in [3.8, 4) is 0 Å². The second kappa shape index (κ2) is 6.05. The second-order valence-electron chi connectivity index (χ2n) is 5.08. The van der Waals surface area contributed by atoms with Gasteiger partial charge in [-0.15, -0.1) is 0 Å². The van der Waals surface area contributed by atoms with Gasteiger partial charge in [-0.25, -0.2) is 0 Å². The molecule has 0 aromatic carbocycles. The molecule has 0 nitrogen and oxygen atoms in total. The zero-order valence-corrected chi connectivity index (χ0v) is 13.3. The second-order valence-corrected chi connectivity index (χ2v) is 8.85. The van der Waals surface area contributed by atoms with Crippen LogP contribution in [0.15, 0.2) is 0 Å². The minimum Gasteiger partial charge on any atom is -0.0721 e. The standard InChI is InChI=1S/C13H24Br2/c1-3-5-7-9-12(10-8-6-4-2)11-13(12,14)15/h3-11H2,1-2H3. The highest BCUT2D eigenvalue weighted by Gasteiger charge is 2.63. The van der Waals surface area contributed by atoms with Crippen LogP contribution < -0.4 is 0 Å². The van der Waals surface area contributed by atoms with Crippen molar-refractivity contribution in [3.63, 3.8) is 0 Å². The third kappa shape index (κ3) is 3.73. The van der Waals surface area contributed by atoms with Crippen LogP contribution in [0.4, 0.5) is 0 Å². The minimum atomic E-state index is 0.286. The van der Waals surface area contributed by atoms with Gasteiger partial charge < -0.3 is 0 Å². The lowest BCUT2D eigenvalue weighted by Crippen LogP contribution is -2.09. The van der Waals surface area contributed by atoms with Crippen molar-refractivity contribution >= 4 is 31.9 Å².